The van der Waals surface area contributed by atoms with Crippen LogP contribution in [0, 0.1) is 10.1 Å². The highest BCUT2D eigenvalue weighted by atomic mass is 79.9. The van der Waals surface area contributed by atoms with E-state index in [2.05, 4.69) is 33.0 Å². The minimum atomic E-state index is -0.446. The van der Waals surface area contributed by atoms with E-state index in [1.165, 1.54) is 18.3 Å². The summed E-state index contributed by atoms with van der Waals surface area (Å²) in [4.78, 5) is 22.8. The molecule has 0 aliphatic heterocycles. The van der Waals surface area contributed by atoms with Crippen LogP contribution in [-0.2, 0) is 6.61 Å². The van der Waals surface area contributed by atoms with Crippen LogP contribution in [0.15, 0.2) is 82.9 Å². The number of hydrogen-bond acceptors (Lipinski definition) is 7. The highest BCUT2D eigenvalue weighted by molar-refractivity contribution is 9.10. The molecule has 1 amide bonds. The number of nitrogens with one attached hydrogen (secondary N) is 1. The summed E-state index contributed by atoms with van der Waals surface area (Å²) in [6.07, 6.45) is 3.13. The number of non-ortho nitro benzene ring substituents is 1. The molecule has 0 unspecified atom stereocenters. The van der Waals surface area contributed by atoms with E-state index >= 15 is 0 Å². The molecule has 3 aromatic rings. The van der Waals surface area contributed by atoms with Crippen molar-refractivity contribution in [3.63, 3.8) is 0 Å². The van der Waals surface area contributed by atoms with E-state index in [0.29, 0.717) is 40.5 Å². The largest absolute Gasteiger partial charge is 0.490 e. The summed E-state index contributed by atoms with van der Waals surface area (Å²) < 4.78 is 17.6. The first-order chi connectivity index (χ1) is 17.4. The van der Waals surface area contributed by atoms with Crippen LogP contribution in [-0.4, -0.2) is 30.3 Å². The molecule has 36 heavy (non-hydrogen) atoms. The van der Waals surface area contributed by atoms with E-state index in [0.717, 1.165) is 11.1 Å². The van der Waals surface area contributed by atoms with Crippen LogP contribution in [0.3, 0.4) is 0 Å². The van der Waals surface area contributed by atoms with Crippen LogP contribution in [0.2, 0.25) is 0 Å². The second kappa shape index (κ2) is 13.1. The van der Waals surface area contributed by atoms with Gasteiger partial charge in [-0.05, 0) is 82.5 Å². The third-order valence-electron chi connectivity index (χ3n) is 4.74. The third-order valence-corrected chi connectivity index (χ3v) is 5.36. The molecule has 0 aliphatic carbocycles. The molecule has 0 saturated heterocycles. The Morgan fingerprint density at radius 2 is 1.81 bits per heavy atom. The van der Waals surface area contributed by atoms with Crippen molar-refractivity contribution >= 4 is 33.7 Å². The van der Waals surface area contributed by atoms with Crippen molar-refractivity contribution in [2.24, 2.45) is 5.10 Å². The molecule has 0 spiro atoms. The van der Waals surface area contributed by atoms with Crippen molar-refractivity contribution in [1.82, 2.24) is 5.43 Å². The fraction of sp³-hybridized carbons (Fsp3) is 0.154. The average Bonchev–Trinajstić information content (AvgIpc) is 2.87. The molecular formula is C26H24BrN3O6. The Morgan fingerprint density at radius 1 is 1.06 bits per heavy atom. The van der Waals surface area contributed by atoms with E-state index in [1.54, 1.807) is 54.6 Å². The second-order valence-corrected chi connectivity index (χ2v) is 8.15. The van der Waals surface area contributed by atoms with Gasteiger partial charge >= 0.3 is 0 Å². The van der Waals surface area contributed by atoms with Gasteiger partial charge in [-0.1, -0.05) is 12.7 Å². The molecular weight excluding hydrogens is 530 g/mol. The maximum atomic E-state index is 12.5. The highest BCUT2D eigenvalue weighted by Gasteiger charge is 2.11. The standard InChI is InChI=1S/C26H24BrN3O6/c1-3-13-35-24-12-8-20(15-25(24)34-4-2)26(31)29-28-16-19-7-11-23(22(27)14-19)36-17-18-5-9-21(10-6-18)30(32)33/h3,5-12,14-16H,1,4,13,17H2,2H3,(H,29,31)/b28-16+. The predicted octanol–water partition coefficient (Wildman–Crippen LogP) is 5.66. The number of carbonyl (C=O) groups excluding carboxylic acids is 1. The van der Waals surface area contributed by atoms with E-state index in [4.69, 9.17) is 14.2 Å². The number of ether oxygens (including phenoxy) is 3. The number of hydrazone groups is 1. The van der Waals surface area contributed by atoms with E-state index < -0.39 is 10.8 Å². The first-order valence-electron chi connectivity index (χ1n) is 10.9. The first-order valence-corrected chi connectivity index (χ1v) is 11.7. The molecule has 0 radical (unpaired) electrons. The zero-order valence-electron chi connectivity index (χ0n) is 19.5. The lowest BCUT2D eigenvalue weighted by Gasteiger charge is -2.12. The number of hydrogen-bond donors (Lipinski definition) is 1. The summed E-state index contributed by atoms with van der Waals surface area (Å²) in [6.45, 7) is 6.47. The maximum absolute atomic E-state index is 12.5. The molecule has 0 fully saturated rings. The third kappa shape index (κ3) is 7.41. The van der Waals surface area contributed by atoms with E-state index in [-0.39, 0.29) is 12.3 Å². The molecule has 0 saturated carbocycles. The first kappa shape index (κ1) is 26.4. The molecule has 0 heterocycles. The Kier molecular flexibility index (Phi) is 9.58. The van der Waals surface area contributed by atoms with Gasteiger partial charge in [0.1, 0.15) is 19.0 Å². The minimum absolute atomic E-state index is 0.0277. The fourth-order valence-electron chi connectivity index (χ4n) is 3.00. The quantitative estimate of drug-likeness (QED) is 0.134. The van der Waals surface area contributed by atoms with Crippen molar-refractivity contribution in [3.8, 4) is 17.2 Å². The molecule has 0 aliphatic rings. The van der Waals surface area contributed by atoms with Gasteiger partial charge in [-0.2, -0.15) is 5.10 Å². The Balaban J connectivity index is 1.58. The SMILES string of the molecule is C=CCOc1ccc(C(=O)N/N=C/c2ccc(OCc3ccc([N+](=O)[O-])cc3)c(Br)c2)cc1OCC. The Morgan fingerprint density at radius 3 is 2.47 bits per heavy atom. The van der Waals surface area contributed by atoms with Gasteiger partial charge in [-0.3, -0.25) is 14.9 Å². The smallest absolute Gasteiger partial charge is 0.271 e. The molecule has 9 nitrogen and oxygen atoms in total. The summed E-state index contributed by atoms with van der Waals surface area (Å²) in [5.41, 5.74) is 4.43. The van der Waals surface area contributed by atoms with Crippen LogP contribution in [0.4, 0.5) is 5.69 Å². The lowest BCUT2D eigenvalue weighted by atomic mass is 10.2. The van der Waals surface area contributed by atoms with Crippen LogP contribution in [0.25, 0.3) is 0 Å². The maximum Gasteiger partial charge on any atom is 0.271 e. The number of halogens is 1. The van der Waals surface area contributed by atoms with Gasteiger partial charge in [0, 0.05) is 17.7 Å². The zero-order valence-corrected chi connectivity index (χ0v) is 21.1. The Labute approximate surface area is 216 Å². The number of amides is 1. The normalized spacial score (nSPS) is 10.6. The van der Waals surface area contributed by atoms with Crippen molar-refractivity contribution in [2.45, 2.75) is 13.5 Å². The molecule has 3 aromatic carbocycles. The van der Waals surface area contributed by atoms with Crippen LogP contribution < -0.4 is 19.6 Å². The lowest BCUT2D eigenvalue weighted by Crippen LogP contribution is -2.17. The fourth-order valence-corrected chi connectivity index (χ4v) is 3.52. The Hall–Kier alpha value is -4.18. The summed E-state index contributed by atoms with van der Waals surface area (Å²) in [5, 5.41) is 14.8. The van der Waals surface area contributed by atoms with Gasteiger partial charge in [0.2, 0.25) is 0 Å². The second-order valence-electron chi connectivity index (χ2n) is 7.30. The van der Waals surface area contributed by atoms with Gasteiger partial charge in [-0.15, -0.1) is 0 Å². The number of nitrogens with zero attached hydrogens (tertiary/aromatic N) is 2. The Bertz CT molecular complexity index is 1260. The zero-order chi connectivity index (χ0) is 25.9. The molecule has 186 valence electrons. The minimum Gasteiger partial charge on any atom is -0.490 e. The lowest BCUT2D eigenvalue weighted by molar-refractivity contribution is -0.384. The molecule has 0 bridgehead atoms. The van der Waals surface area contributed by atoms with Crippen LogP contribution in [0.5, 0.6) is 17.2 Å². The topological polar surface area (TPSA) is 112 Å². The van der Waals surface area contributed by atoms with Gasteiger partial charge < -0.3 is 14.2 Å². The highest BCUT2D eigenvalue weighted by Crippen LogP contribution is 2.29. The average molecular weight is 554 g/mol. The molecule has 0 aromatic heterocycles. The summed E-state index contributed by atoms with van der Waals surface area (Å²) >= 11 is 3.46. The predicted molar refractivity (Wildman–Crippen MR) is 140 cm³/mol. The van der Waals surface area contributed by atoms with Gasteiger partial charge in [0.05, 0.1) is 22.2 Å². The number of rotatable bonds is 12. The number of nitro groups is 1. The number of carbonyl (C=O) groups is 1. The molecule has 0 atom stereocenters. The van der Waals surface area contributed by atoms with Gasteiger partial charge in [-0.25, -0.2) is 5.43 Å². The van der Waals surface area contributed by atoms with Crippen molar-refractivity contribution in [1.29, 1.82) is 0 Å². The summed E-state index contributed by atoms with van der Waals surface area (Å²) in [5.74, 6) is 1.18. The molecule has 3 rings (SSSR count). The monoisotopic (exact) mass is 553 g/mol. The summed E-state index contributed by atoms with van der Waals surface area (Å²) in [7, 11) is 0. The van der Waals surface area contributed by atoms with Gasteiger partial charge in [0.25, 0.3) is 11.6 Å². The molecule has 1 N–H and O–H groups in total. The summed E-state index contributed by atoms with van der Waals surface area (Å²) in [6, 6.07) is 16.4. The van der Waals surface area contributed by atoms with E-state index in [1.807, 2.05) is 6.92 Å². The van der Waals surface area contributed by atoms with E-state index in [9.17, 15) is 14.9 Å². The van der Waals surface area contributed by atoms with Crippen LogP contribution in [0.1, 0.15) is 28.4 Å². The van der Waals surface area contributed by atoms with Crippen molar-refractivity contribution < 1.29 is 23.9 Å². The number of nitro benzene ring substituents is 1. The van der Waals surface area contributed by atoms with Gasteiger partial charge in [0.15, 0.2) is 11.5 Å². The molecule has 10 heteroatoms. The van der Waals surface area contributed by atoms with Crippen LogP contribution >= 0.6 is 15.9 Å². The van der Waals surface area contributed by atoms with Crippen molar-refractivity contribution in [3.05, 3.63) is 105 Å². The van der Waals surface area contributed by atoms with Crippen molar-refractivity contribution in [2.75, 3.05) is 13.2 Å². The number of benzene rings is 3.